The molecule has 0 aliphatic carbocycles. The fourth-order valence-electron chi connectivity index (χ4n) is 0. The summed E-state index contributed by atoms with van der Waals surface area (Å²) < 4.78 is 0. The van der Waals surface area contributed by atoms with Gasteiger partial charge < -0.3 is 14.4 Å². The molecule has 0 aromatic rings. The highest BCUT2D eigenvalue weighted by atomic mass is 16.1. The Bertz CT molecular complexity index is 120. The molecule has 0 aliphatic heterocycles. The third-order valence-corrected chi connectivity index (χ3v) is 0.816. The van der Waals surface area contributed by atoms with E-state index < -0.39 is 0 Å². The van der Waals surface area contributed by atoms with Gasteiger partial charge in [0.1, 0.15) is 18.9 Å². The third kappa shape index (κ3) is 62.8. The van der Waals surface area contributed by atoms with Crippen molar-refractivity contribution in [3.8, 4) is 0 Å². The van der Waals surface area contributed by atoms with Gasteiger partial charge in [-0.2, -0.15) is 0 Å². The van der Waals surface area contributed by atoms with E-state index in [0.717, 1.165) is 18.9 Å². The third-order valence-electron chi connectivity index (χ3n) is 0.816. The Morgan fingerprint density at radius 1 is 0.533 bits per heavy atom. The highest BCUT2D eigenvalue weighted by Crippen LogP contribution is 1.79. The lowest BCUT2D eigenvalue weighted by Gasteiger charge is -1.78. The molecular formula is C12H24O3. The Morgan fingerprint density at radius 2 is 0.600 bits per heavy atom. The molecular weight excluding hydrogens is 192 g/mol. The van der Waals surface area contributed by atoms with Gasteiger partial charge >= 0.3 is 0 Å². The summed E-state index contributed by atoms with van der Waals surface area (Å²) in [6, 6.07) is 0. The molecule has 0 fully saturated rings. The van der Waals surface area contributed by atoms with Crippen LogP contribution in [0.3, 0.4) is 0 Å². The molecule has 0 unspecified atom stereocenters. The number of carbonyl (C=O) groups is 3. The van der Waals surface area contributed by atoms with Crippen LogP contribution in [0.1, 0.15) is 41.5 Å². The molecule has 0 radical (unpaired) electrons. The largest absolute Gasteiger partial charge is 0.303 e. The molecule has 0 saturated heterocycles. The van der Waals surface area contributed by atoms with Crippen LogP contribution in [-0.2, 0) is 14.4 Å². The van der Waals surface area contributed by atoms with Crippen LogP contribution in [0.4, 0.5) is 0 Å². The molecule has 15 heavy (non-hydrogen) atoms. The zero-order valence-electron chi connectivity index (χ0n) is 10.7. The van der Waals surface area contributed by atoms with E-state index in [-0.39, 0.29) is 17.8 Å². The summed E-state index contributed by atoms with van der Waals surface area (Å²) in [5.41, 5.74) is 0. The van der Waals surface area contributed by atoms with Crippen LogP contribution >= 0.6 is 0 Å². The van der Waals surface area contributed by atoms with Gasteiger partial charge in [-0.05, 0) is 0 Å². The molecule has 0 spiro atoms. The van der Waals surface area contributed by atoms with Crippen LogP contribution in [0, 0.1) is 17.8 Å². The Hall–Kier alpha value is -0.990. The summed E-state index contributed by atoms with van der Waals surface area (Å²) in [5, 5.41) is 0. The van der Waals surface area contributed by atoms with Gasteiger partial charge in [0.25, 0.3) is 0 Å². The Labute approximate surface area is 93.2 Å². The molecule has 0 N–H and O–H groups in total. The van der Waals surface area contributed by atoms with Crippen molar-refractivity contribution in [3.05, 3.63) is 0 Å². The molecule has 0 aliphatic rings. The van der Waals surface area contributed by atoms with Crippen molar-refractivity contribution in [2.45, 2.75) is 41.5 Å². The van der Waals surface area contributed by atoms with E-state index in [1.165, 1.54) is 0 Å². The number of carbonyl (C=O) groups excluding carboxylic acids is 3. The van der Waals surface area contributed by atoms with Gasteiger partial charge in [0, 0.05) is 17.8 Å². The van der Waals surface area contributed by atoms with Crippen LogP contribution in [0.2, 0.25) is 0 Å². The van der Waals surface area contributed by atoms with Gasteiger partial charge in [-0.25, -0.2) is 0 Å². The van der Waals surface area contributed by atoms with Crippen LogP contribution in [0.15, 0.2) is 0 Å². The highest BCUT2D eigenvalue weighted by molar-refractivity contribution is 5.52. The summed E-state index contributed by atoms with van der Waals surface area (Å²) in [6.45, 7) is 11.1. The quantitative estimate of drug-likeness (QED) is 0.681. The van der Waals surface area contributed by atoms with Crippen molar-refractivity contribution in [2.24, 2.45) is 17.8 Å². The summed E-state index contributed by atoms with van der Waals surface area (Å²) in [4.78, 5) is 28.5. The first kappa shape index (κ1) is 19.6. The van der Waals surface area contributed by atoms with E-state index in [2.05, 4.69) is 0 Å². The number of hydrogen-bond acceptors (Lipinski definition) is 3. The molecule has 3 heteroatoms. The molecule has 3 nitrogen and oxygen atoms in total. The van der Waals surface area contributed by atoms with Crippen molar-refractivity contribution in [3.63, 3.8) is 0 Å². The number of hydrogen-bond donors (Lipinski definition) is 0. The van der Waals surface area contributed by atoms with Gasteiger partial charge in [0.05, 0.1) is 0 Å². The molecule has 0 atom stereocenters. The van der Waals surface area contributed by atoms with Gasteiger partial charge in [0.15, 0.2) is 0 Å². The highest BCUT2D eigenvalue weighted by Gasteiger charge is 1.80. The van der Waals surface area contributed by atoms with E-state index in [1.54, 1.807) is 0 Å². The number of aldehydes is 3. The van der Waals surface area contributed by atoms with Crippen LogP contribution in [-0.4, -0.2) is 18.9 Å². The molecule has 0 amide bonds. The van der Waals surface area contributed by atoms with Crippen LogP contribution in [0.5, 0.6) is 0 Å². The van der Waals surface area contributed by atoms with Gasteiger partial charge in [-0.1, -0.05) is 41.5 Å². The first-order valence-corrected chi connectivity index (χ1v) is 5.17. The maximum Gasteiger partial charge on any atom is 0.122 e. The zero-order valence-corrected chi connectivity index (χ0v) is 10.7. The van der Waals surface area contributed by atoms with Crippen molar-refractivity contribution < 1.29 is 14.4 Å². The minimum atomic E-state index is 0.204. The SMILES string of the molecule is CC(C)C=O.CC(C)C=O.CC(C)C=O. The van der Waals surface area contributed by atoms with E-state index >= 15 is 0 Å². The Morgan fingerprint density at radius 3 is 0.600 bits per heavy atom. The second-order valence-electron chi connectivity index (χ2n) is 4.14. The fourth-order valence-corrected chi connectivity index (χ4v) is 0. The average Bonchev–Trinajstić information content (AvgIpc) is 2.19. The van der Waals surface area contributed by atoms with E-state index in [1.807, 2.05) is 41.5 Å². The Balaban J connectivity index is -0.000000144. The summed E-state index contributed by atoms with van der Waals surface area (Å²) >= 11 is 0. The standard InChI is InChI=1S/3C4H8O/c3*1-4(2)3-5/h3*3-4H,1-2H3. The van der Waals surface area contributed by atoms with Crippen LogP contribution in [0.25, 0.3) is 0 Å². The predicted octanol–water partition coefficient (Wildman–Crippen LogP) is 2.52. The van der Waals surface area contributed by atoms with Crippen molar-refractivity contribution in [1.82, 2.24) is 0 Å². The van der Waals surface area contributed by atoms with E-state index in [0.29, 0.717) is 0 Å². The zero-order chi connectivity index (χ0) is 12.9. The Kier molecular flexibility index (Phi) is 20.2. The number of rotatable bonds is 3. The first-order chi connectivity index (χ1) is 6.81. The molecule has 0 aromatic heterocycles. The normalized spacial score (nSPS) is 8.60. The topological polar surface area (TPSA) is 51.2 Å². The summed E-state index contributed by atoms with van der Waals surface area (Å²) in [7, 11) is 0. The average molecular weight is 216 g/mol. The van der Waals surface area contributed by atoms with Gasteiger partial charge in [-0.15, -0.1) is 0 Å². The van der Waals surface area contributed by atoms with Gasteiger partial charge in [-0.3, -0.25) is 0 Å². The molecule has 0 heterocycles. The fraction of sp³-hybridized carbons (Fsp3) is 0.750. The molecule has 90 valence electrons. The van der Waals surface area contributed by atoms with Crippen molar-refractivity contribution in [1.29, 1.82) is 0 Å². The predicted molar refractivity (Wildman–Crippen MR) is 62.7 cm³/mol. The van der Waals surface area contributed by atoms with Crippen molar-refractivity contribution in [2.75, 3.05) is 0 Å². The monoisotopic (exact) mass is 216 g/mol. The lowest BCUT2D eigenvalue weighted by atomic mass is 10.3. The molecule has 0 bridgehead atoms. The van der Waals surface area contributed by atoms with E-state index in [4.69, 9.17) is 0 Å². The minimum Gasteiger partial charge on any atom is -0.303 e. The second kappa shape index (κ2) is 15.5. The first-order valence-electron chi connectivity index (χ1n) is 5.17. The van der Waals surface area contributed by atoms with Gasteiger partial charge in [0.2, 0.25) is 0 Å². The molecule has 0 rings (SSSR count). The second-order valence-corrected chi connectivity index (χ2v) is 4.14. The van der Waals surface area contributed by atoms with E-state index in [9.17, 15) is 14.4 Å². The lowest BCUT2D eigenvalue weighted by Crippen LogP contribution is -1.82. The van der Waals surface area contributed by atoms with Crippen molar-refractivity contribution >= 4 is 18.9 Å². The molecule has 0 aromatic carbocycles. The maximum atomic E-state index is 9.50. The smallest absolute Gasteiger partial charge is 0.122 e. The summed E-state index contributed by atoms with van der Waals surface area (Å²) in [6.07, 6.45) is 2.75. The summed E-state index contributed by atoms with van der Waals surface area (Å²) in [5.74, 6) is 0.611. The lowest BCUT2D eigenvalue weighted by molar-refractivity contribution is -0.110. The molecule has 0 saturated carbocycles. The van der Waals surface area contributed by atoms with Crippen LogP contribution < -0.4 is 0 Å². The minimum absolute atomic E-state index is 0.204. The maximum absolute atomic E-state index is 9.50.